The Bertz CT molecular complexity index is 918. The number of hydrogen-bond donors (Lipinski definition) is 1. The third kappa shape index (κ3) is 4.55. The number of rotatable bonds is 7. The summed E-state index contributed by atoms with van der Waals surface area (Å²) in [4.78, 5) is 27.9. The van der Waals surface area contributed by atoms with Gasteiger partial charge in [0.05, 0.1) is 24.5 Å². The number of ether oxygens (including phenoxy) is 2. The molecule has 0 unspecified atom stereocenters. The quantitative estimate of drug-likeness (QED) is 0.781. The minimum atomic E-state index is -0.203. The van der Waals surface area contributed by atoms with E-state index >= 15 is 0 Å². The van der Waals surface area contributed by atoms with E-state index in [1.165, 1.54) is 6.08 Å². The third-order valence-electron chi connectivity index (χ3n) is 5.12. The van der Waals surface area contributed by atoms with Crippen molar-refractivity contribution in [3.8, 4) is 5.75 Å². The molecule has 0 amide bonds. The predicted octanol–water partition coefficient (Wildman–Crippen LogP) is 2.45. The molecule has 0 bridgehead atoms. The minimum Gasteiger partial charge on any atom is -0.488 e. The Kier molecular flexibility index (Phi) is 6.03. The summed E-state index contributed by atoms with van der Waals surface area (Å²) in [6.07, 6.45) is 1.39. The van der Waals surface area contributed by atoms with Gasteiger partial charge in [0.15, 0.2) is 5.78 Å². The van der Waals surface area contributed by atoms with Gasteiger partial charge in [0.1, 0.15) is 12.4 Å². The fourth-order valence-corrected chi connectivity index (χ4v) is 3.54. The lowest BCUT2D eigenvalue weighted by atomic mass is 9.91. The summed E-state index contributed by atoms with van der Waals surface area (Å²) in [6, 6.07) is 14.9. The number of hydrogen-bond acceptors (Lipinski definition) is 6. The smallest absolute Gasteiger partial charge is 0.213 e. The van der Waals surface area contributed by atoms with Crippen molar-refractivity contribution < 1.29 is 19.1 Å². The molecular formula is C23H24N2O4. The normalized spacial score (nSPS) is 16.9. The SMILES string of the molecule is O=C1C=C(NCCN2CCOCC2)C(=O)c2c(OCc3ccccc3)cccc21. The van der Waals surface area contributed by atoms with E-state index in [9.17, 15) is 9.59 Å². The second kappa shape index (κ2) is 9.03. The molecule has 2 aliphatic rings. The average molecular weight is 392 g/mol. The van der Waals surface area contributed by atoms with Crippen LogP contribution in [0.3, 0.4) is 0 Å². The molecule has 29 heavy (non-hydrogen) atoms. The van der Waals surface area contributed by atoms with E-state index in [1.807, 2.05) is 30.3 Å². The molecule has 6 nitrogen and oxygen atoms in total. The molecule has 1 N–H and O–H groups in total. The van der Waals surface area contributed by atoms with Crippen LogP contribution in [0.15, 0.2) is 60.3 Å². The molecule has 0 saturated carbocycles. The summed E-state index contributed by atoms with van der Waals surface area (Å²) in [5.74, 6) is 0.0501. The van der Waals surface area contributed by atoms with Crippen molar-refractivity contribution >= 4 is 11.6 Å². The molecule has 1 aliphatic carbocycles. The van der Waals surface area contributed by atoms with Crippen molar-refractivity contribution in [2.45, 2.75) is 6.61 Å². The van der Waals surface area contributed by atoms with Gasteiger partial charge in [-0.25, -0.2) is 0 Å². The van der Waals surface area contributed by atoms with Crippen LogP contribution in [0, 0.1) is 0 Å². The lowest BCUT2D eigenvalue weighted by Crippen LogP contribution is -2.41. The number of ketones is 2. The number of Topliss-reactive ketones (excluding diaryl/α,β-unsaturated/α-hetero) is 1. The van der Waals surface area contributed by atoms with Crippen molar-refractivity contribution in [2.75, 3.05) is 39.4 Å². The van der Waals surface area contributed by atoms with E-state index in [0.29, 0.717) is 35.7 Å². The van der Waals surface area contributed by atoms with Gasteiger partial charge in [0, 0.05) is 37.8 Å². The highest BCUT2D eigenvalue weighted by Gasteiger charge is 2.29. The number of benzene rings is 2. The fourth-order valence-electron chi connectivity index (χ4n) is 3.54. The maximum absolute atomic E-state index is 13.1. The first-order valence-corrected chi connectivity index (χ1v) is 9.87. The molecule has 0 aromatic heterocycles. The van der Waals surface area contributed by atoms with Gasteiger partial charge in [-0.3, -0.25) is 14.5 Å². The van der Waals surface area contributed by atoms with Crippen LogP contribution < -0.4 is 10.1 Å². The zero-order chi connectivity index (χ0) is 20.1. The topological polar surface area (TPSA) is 67.9 Å². The average Bonchev–Trinajstić information content (AvgIpc) is 2.77. The summed E-state index contributed by atoms with van der Waals surface area (Å²) >= 11 is 0. The molecule has 4 rings (SSSR count). The van der Waals surface area contributed by atoms with Gasteiger partial charge in [-0.2, -0.15) is 0 Å². The van der Waals surface area contributed by atoms with E-state index in [4.69, 9.17) is 9.47 Å². The minimum absolute atomic E-state index is 0.182. The highest BCUT2D eigenvalue weighted by atomic mass is 16.5. The van der Waals surface area contributed by atoms with Crippen molar-refractivity contribution in [3.05, 3.63) is 77.0 Å². The number of fused-ring (bicyclic) bond motifs is 1. The monoisotopic (exact) mass is 392 g/mol. The molecule has 1 saturated heterocycles. The first-order valence-electron chi connectivity index (χ1n) is 9.87. The van der Waals surface area contributed by atoms with Crippen molar-refractivity contribution in [2.24, 2.45) is 0 Å². The van der Waals surface area contributed by atoms with E-state index in [1.54, 1.807) is 18.2 Å². The molecular weight excluding hydrogens is 368 g/mol. The first kappa shape index (κ1) is 19.4. The molecule has 0 atom stereocenters. The van der Waals surface area contributed by atoms with Crippen molar-refractivity contribution in [1.29, 1.82) is 0 Å². The number of nitrogens with zero attached hydrogens (tertiary/aromatic N) is 1. The lowest BCUT2D eigenvalue weighted by molar-refractivity contribution is 0.0386. The van der Waals surface area contributed by atoms with Crippen LogP contribution in [0.2, 0.25) is 0 Å². The van der Waals surface area contributed by atoms with Crippen LogP contribution in [-0.4, -0.2) is 55.9 Å². The Balaban J connectivity index is 1.45. The van der Waals surface area contributed by atoms with Crippen LogP contribution in [0.25, 0.3) is 0 Å². The van der Waals surface area contributed by atoms with Crippen LogP contribution in [0.5, 0.6) is 5.75 Å². The maximum atomic E-state index is 13.1. The Morgan fingerprint density at radius 1 is 1.00 bits per heavy atom. The van der Waals surface area contributed by atoms with Gasteiger partial charge in [-0.1, -0.05) is 42.5 Å². The number of allylic oxidation sites excluding steroid dienone is 2. The zero-order valence-corrected chi connectivity index (χ0v) is 16.2. The maximum Gasteiger partial charge on any atom is 0.213 e. The Labute approximate surface area is 170 Å². The molecule has 2 aromatic rings. The largest absolute Gasteiger partial charge is 0.488 e. The van der Waals surface area contributed by atoms with Crippen molar-refractivity contribution in [3.63, 3.8) is 0 Å². The van der Waals surface area contributed by atoms with Gasteiger partial charge in [0.25, 0.3) is 0 Å². The van der Waals surface area contributed by atoms with E-state index in [0.717, 1.165) is 38.4 Å². The van der Waals surface area contributed by atoms with Gasteiger partial charge in [-0.05, 0) is 11.6 Å². The molecule has 0 radical (unpaired) electrons. The Morgan fingerprint density at radius 3 is 2.59 bits per heavy atom. The van der Waals surface area contributed by atoms with Crippen molar-refractivity contribution in [1.82, 2.24) is 10.2 Å². The summed E-state index contributed by atoms with van der Waals surface area (Å²) < 4.78 is 11.3. The van der Waals surface area contributed by atoms with Crippen LogP contribution in [0.4, 0.5) is 0 Å². The Hall–Kier alpha value is -2.96. The second-order valence-electron chi connectivity index (χ2n) is 7.09. The molecule has 150 valence electrons. The lowest BCUT2D eigenvalue weighted by Gasteiger charge is -2.27. The zero-order valence-electron chi connectivity index (χ0n) is 16.2. The number of carbonyl (C=O) groups excluding carboxylic acids is 2. The summed E-state index contributed by atoms with van der Waals surface area (Å²) in [5, 5.41) is 3.14. The standard InChI is InChI=1S/C23H24N2O4/c26-20-15-19(24-9-10-25-11-13-28-14-12-25)23(27)22-18(20)7-4-8-21(22)29-16-17-5-2-1-3-6-17/h1-8,15,24H,9-14,16H2. The van der Waals surface area contributed by atoms with Crippen LogP contribution in [0.1, 0.15) is 26.3 Å². The predicted molar refractivity (Wildman–Crippen MR) is 109 cm³/mol. The number of morpholine rings is 1. The van der Waals surface area contributed by atoms with Gasteiger partial charge >= 0.3 is 0 Å². The Morgan fingerprint density at radius 2 is 1.79 bits per heavy atom. The summed E-state index contributed by atoms with van der Waals surface area (Å²) in [6.45, 7) is 4.95. The van der Waals surface area contributed by atoms with E-state index < -0.39 is 0 Å². The molecule has 0 spiro atoms. The van der Waals surface area contributed by atoms with E-state index in [-0.39, 0.29) is 11.6 Å². The molecule has 1 fully saturated rings. The molecule has 1 heterocycles. The highest BCUT2D eigenvalue weighted by molar-refractivity contribution is 6.25. The highest BCUT2D eigenvalue weighted by Crippen LogP contribution is 2.29. The number of carbonyl (C=O) groups is 2. The molecule has 6 heteroatoms. The number of nitrogens with one attached hydrogen (secondary N) is 1. The summed E-state index contributed by atoms with van der Waals surface area (Å²) in [5.41, 5.74) is 2.05. The first-order chi connectivity index (χ1) is 14.2. The summed E-state index contributed by atoms with van der Waals surface area (Å²) in [7, 11) is 0. The fraction of sp³-hybridized carbons (Fsp3) is 0.304. The second-order valence-corrected chi connectivity index (χ2v) is 7.09. The van der Waals surface area contributed by atoms with Gasteiger partial charge in [-0.15, -0.1) is 0 Å². The van der Waals surface area contributed by atoms with Crippen LogP contribution in [-0.2, 0) is 11.3 Å². The third-order valence-corrected chi connectivity index (χ3v) is 5.12. The molecule has 2 aromatic carbocycles. The van der Waals surface area contributed by atoms with Gasteiger partial charge < -0.3 is 14.8 Å². The van der Waals surface area contributed by atoms with Crippen LogP contribution >= 0.6 is 0 Å². The van der Waals surface area contributed by atoms with Gasteiger partial charge in [0.2, 0.25) is 5.78 Å². The van der Waals surface area contributed by atoms with E-state index in [2.05, 4.69) is 10.2 Å². The molecule has 1 aliphatic heterocycles.